The van der Waals surface area contributed by atoms with E-state index < -0.39 is 16.8 Å². The van der Waals surface area contributed by atoms with Crippen LogP contribution in [0.5, 0.6) is 0 Å². The molecule has 0 bridgehead atoms. The van der Waals surface area contributed by atoms with Crippen molar-refractivity contribution in [3.63, 3.8) is 0 Å². The summed E-state index contributed by atoms with van der Waals surface area (Å²) < 4.78 is 1.63. The number of aliphatic hydroxyl groups excluding tert-OH is 1. The molecule has 0 unspecified atom stereocenters. The number of fused-ring (bicyclic) bond motifs is 15. The smallest absolute Gasteiger partial charge is 0.157 e. The number of aliphatic hydroxyl groups is 4. The minimum atomic E-state index is -0.467. The number of carbonyl (C=O) groups excluding carboxylic acids is 3. The maximum atomic E-state index is 13.2. The van der Waals surface area contributed by atoms with E-state index in [1.54, 1.807) is 17.1 Å². The monoisotopic (exact) mass is 1250 g/mol. The SMILES string of the molecule is C.C.C.CC(=O)[C@H]1CC[C@H]2[C@@H]3CC[C@@H]4C[C@](C)(O)C[C@@H]4[C@H]3CC[C@]12C.CO.C[C@]1(O)C[C@H]2CC[C@@H]3[C@H](CC[C@]4(C)[C@@H](C(=O)CBr)CC[C@@H]34)[C@H]2C1.C[C@]1(O)C[C@H]2CC[C@@H]3[C@H](CC[C@]4(C)[C@@H](C(=O)Cn5cc(C#N)cn5)CC[C@@H]34)[C@H]2C1.N#Cc1cn[nH]c1. The summed E-state index contributed by atoms with van der Waals surface area (Å²) in [6.07, 6.45) is 34.5. The number of aromatic nitrogens is 4. The van der Waals surface area contributed by atoms with Gasteiger partial charge in [0.15, 0.2) is 5.78 Å². The second-order valence-electron chi connectivity index (χ2n) is 31.4. The zero-order chi connectivity index (χ0) is 59.6. The Morgan fingerprint density at radius 3 is 1.26 bits per heavy atom. The lowest BCUT2D eigenvalue weighted by atomic mass is 9.51. The number of nitrogens with zero attached hydrogens (tertiary/aromatic N) is 5. The summed E-state index contributed by atoms with van der Waals surface area (Å²) in [5.74, 6) is 13.3. The first-order valence-corrected chi connectivity index (χ1v) is 34.1. The number of halogens is 1. The quantitative estimate of drug-likeness (QED) is 0.171. The summed E-state index contributed by atoms with van der Waals surface area (Å²) in [7, 11) is 1.00. The molecule has 24 atom stereocenters. The van der Waals surface area contributed by atoms with Crippen molar-refractivity contribution < 1.29 is 34.8 Å². The van der Waals surface area contributed by atoms with Crippen LogP contribution in [0.25, 0.3) is 0 Å². The number of H-pyrrole nitrogens is 1. The van der Waals surface area contributed by atoms with Crippen LogP contribution in [0.1, 0.15) is 236 Å². The molecule has 12 saturated carbocycles. The average Bonchev–Trinajstić information content (AvgIpc) is 1.72. The fourth-order valence-electron chi connectivity index (χ4n) is 23.8. The number of aromatic amines is 1. The van der Waals surface area contributed by atoms with Gasteiger partial charge in [-0.05, 0) is 287 Å². The molecule has 0 saturated heterocycles. The zero-order valence-corrected chi connectivity index (χ0v) is 53.3. The Morgan fingerprint density at radius 1 is 0.535 bits per heavy atom. The van der Waals surface area contributed by atoms with Crippen LogP contribution in [0, 0.1) is 145 Å². The fourth-order valence-corrected chi connectivity index (χ4v) is 24.2. The maximum Gasteiger partial charge on any atom is 0.157 e. The lowest BCUT2D eigenvalue weighted by Gasteiger charge is -2.53. The Hall–Kier alpha value is -3.27. The molecule has 14 heteroatoms. The molecule has 0 aromatic carbocycles. The van der Waals surface area contributed by atoms with Crippen molar-refractivity contribution in [3.8, 4) is 12.1 Å². The van der Waals surface area contributed by atoms with E-state index in [1.165, 1.54) is 102 Å². The van der Waals surface area contributed by atoms with Crippen molar-refractivity contribution in [1.29, 1.82) is 10.5 Å². The summed E-state index contributed by atoms with van der Waals surface area (Å²) in [5.41, 5.74) is 0.416. The van der Waals surface area contributed by atoms with Gasteiger partial charge < -0.3 is 20.4 Å². The van der Waals surface area contributed by atoms with Gasteiger partial charge in [0.1, 0.15) is 23.7 Å². The van der Waals surface area contributed by atoms with Crippen molar-refractivity contribution in [3.05, 3.63) is 35.9 Å². The largest absolute Gasteiger partial charge is 0.400 e. The normalized spacial score (nSPS) is 45.5. The average molecular weight is 1260 g/mol. The number of Topliss-reactive ketones (excluding diaryl/α,β-unsaturated/α-hetero) is 3. The van der Waals surface area contributed by atoms with Crippen LogP contribution < -0.4 is 0 Å². The molecule has 86 heavy (non-hydrogen) atoms. The first-order chi connectivity index (χ1) is 39.4. The van der Waals surface area contributed by atoms with Crippen molar-refractivity contribution in [2.45, 2.75) is 248 Å². The van der Waals surface area contributed by atoms with E-state index >= 15 is 0 Å². The highest BCUT2D eigenvalue weighted by Crippen LogP contribution is 2.69. The third kappa shape index (κ3) is 13.3. The van der Waals surface area contributed by atoms with Gasteiger partial charge >= 0.3 is 0 Å². The van der Waals surface area contributed by atoms with E-state index in [2.05, 4.69) is 65.0 Å². The van der Waals surface area contributed by atoms with Crippen LogP contribution in [0.4, 0.5) is 0 Å². The molecule has 12 fully saturated rings. The van der Waals surface area contributed by atoms with E-state index in [9.17, 15) is 29.7 Å². The Labute approximate surface area is 527 Å². The maximum absolute atomic E-state index is 13.2. The molecule has 482 valence electrons. The molecule has 0 spiro atoms. The van der Waals surface area contributed by atoms with Gasteiger partial charge in [0, 0.05) is 37.3 Å². The topological polar surface area (TPSA) is 226 Å². The molecule has 0 amide bonds. The Bertz CT molecular complexity index is 2710. The Morgan fingerprint density at radius 2 is 0.919 bits per heavy atom. The molecule has 2 aromatic heterocycles. The molecular weight excluding hydrogens is 1140 g/mol. The van der Waals surface area contributed by atoms with E-state index in [0.29, 0.717) is 57.5 Å². The lowest BCUT2D eigenvalue weighted by Crippen LogP contribution is -2.47. The minimum absolute atomic E-state index is 0. The lowest BCUT2D eigenvalue weighted by molar-refractivity contribution is -0.130. The highest BCUT2D eigenvalue weighted by atomic mass is 79.9. The van der Waals surface area contributed by atoms with Crippen LogP contribution in [-0.2, 0) is 20.9 Å². The molecule has 12 aliphatic carbocycles. The third-order valence-electron chi connectivity index (χ3n) is 26.8. The fraction of sp³-hybridized carbons (Fsp3) is 0.847. The summed E-state index contributed by atoms with van der Waals surface area (Å²) in [4.78, 5) is 37.7. The van der Waals surface area contributed by atoms with Crippen LogP contribution in [0.3, 0.4) is 0 Å². The number of carbonyl (C=O) groups is 3. The van der Waals surface area contributed by atoms with Crippen LogP contribution >= 0.6 is 15.9 Å². The van der Waals surface area contributed by atoms with Gasteiger partial charge in [0.25, 0.3) is 0 Å². The molecule has 2 heterocycles. The van der Waals surface area contributed by atoms with Crippen molar-refractivity contribution in [2.75, 3.05) is 12.4 Å². The van der Waals surface area contributed by atoms with Crippen molar-refractivity contribution in [2.24, 2.45) is 123 Å². The van der Waals surface area contributed by atoms with E-state index in [-0.39, 0.29) is 56.9 Å². The molecule has 13 nitrogen and oxygen atoms in total. The van der Waals surface area contributed by atoms with Gasteiger partial charge in [0.2, 0.25) is 0 Å². The predicted molar refractivity (Wildman–Crippen MR) is 343 cm³/mol. The van der Waals surface area contributed by atoms with Gasteiger partial charge in [-0.15, -0.1) is 0 Å². The number of alkyl halides is 1. The van der Waals surface area contributed by atoms with E-state index in [4.69, 9.17) is 15.6 Å². The number of nitrogens with one attached hydrogen (secondary N) is 1. The van der Waals surface area contributed by atoms with Crippen LogP contribution in [-0.4, -0.2) is 87.0 Å². The second kappa shape index (κ2) is 27.3. The summed E-state index contributed by atoms with van der Waals surface area (Å²) in [6.45, 7) is 15.5. The van der Waals surface area contributed by atoms with Crippen molar-refractivity contribution >= 4 is 33.3 Å². The summed E-state index contributed by atoms with van der Waals surface area (Å²) in [6, 6.07) is 4.00. The first kappa shape index (κ1) is 70.2. The molecule has 0 radical (unpaired) electrons. The van der Waals surface area contributed by atoms with E-state index in [1.807, 2.05) is 26.8 Å². The highest BCUT2D eigenvalue weighted by Gasteiger charge is 2.63. The molecule has 5 N–H and O–H groups in total. The Kier molecular flexibility index (Phi) is 22.3. The van der Waals surface area contributed by atoms with Gasteiger partial charge in [-0.3, -0.25) is 24.2 Å². The number of rotatable bonds is 6. The summed E-state index contributed by atoms with van der Waals surface area (Å²) >= 11 is 3.41. The van der Waals surface area contributed by atoms with Gasteiger partial charge in [-0.25, -0.2) is 0 Å². The van der Waals surface area contributed by atoms with Crippen LogP contribution in [0.2, 0.25) is 0 Å². The van der Waals surface area contributed by atoms with E-state index in [0.717, 1.165) is 142 Å². The second-order valence-corrected chi connectivity index (χ2v) is 31.9. The molecule has 14 rings (SSSR count). The number of hydrogen-bond acceptors (Lipinski definition) is 11. The molecular formula is C72H115BrN6O7. The predicted octanol–water partition coefficient (Wildman–Crippen LogP) is 14.5. The standard InChI is InChI=1S/C24H33N3O2.C20H31BrO2.C20H32O2.C4H3N3.CH4O.3CH4/c1-23(29)9-16-3-4-18-17(19(16)10-23)7-8-24(2)20(18)5-6-21(24)22(28)14-27-13-15(11-25)12-26-27;1-19(23)9-12-3-4-14-13(15(12)10-19)7-8-20(2)16(14)5-6-17(20)18(22)11-21;1-12(21)17-6-7-18-15-5-4-13-10-19(2,22)11-16(13)14(15)8-9-20(17,18)3;5-1-4-2-6-7-3-4;1-2;;;/h12-13,16-21,29H,3-10,14H2,1-2H3;12-17,23H,3-11H2,1-2H3;13-18,22H,4-11H2,1-3H3;2-3H,(H,6,7);2H,1H3;3*1H4/t16-,17+,18-,19+,20+,21-,23+,24+;12-,13+,14-,15+,16+,17-,19+,20+;13-,14+,15-,16+,17-,18+,19+,20-;;;;;/m111...../s1. The number of ketones is 3. The van der Waals surface area contributed by atoms with Gasteiger partial charge in [0.05, 0.1) is 52.2 Å². The molecule has 12 aliphatic rings. The summed E-state index contributed by atoms with van der Waals surface area (Å²) in [5, 5.41) is 66.6. The first-order valence-electron chi connectivity index (χ1n) is 33.0. The van der Waals surface area contributed by atoms with Gasteiger partial charge in [-0.1, -0.05) is 59.0 Å². The van der Waals surface area contributed by atoms with Crippen molar-refractivity contribution in [1.82, 2.24) is 20.0 Å². The Balaban J connectivity index is 0.000000171. The molecule has 2 aromatic rings. The molecule has 0 aliphatic heterocycles. The van der Waals surface area contributed by atoms with Crippen LogP contribution in [0.15, 0.2) is 24.8 Å². The number of nitriles is 2. The van der Waals surface area contributed by atoms with Gasteiger partial charge in [-0.2, -0.15) is 20.7 Å². The zero-order valence-electron chi connectivity index (χ0n) is 51.7. The highest BCUT2D eigenvalue weighted by molar-refractivity contribution is 9.09. The third-order valence-corrected chi connectivity index (χ3v) is 27.3. The minimum Gasteiger partial charge on any atom is -0.400 e. The number of hydrogen-bond donors (Lipinski definition) is 5.